The predicted octanol–water partition coefficient (Wildman–Crippen LogP) is 4.00. The number of benzene rings is 2. The molecule has 2 aromatic carbocycles. The Kier molecular flexibility index (Phi) is 6.50. The Morgan fingerprint density at radius 2 is 1.53 bits per heavy atom. The van der Waals surface area contributed by atoms with E-state index in [0.717, 1.165) is 32.0 Å². The number of piperazine rings is 1. The van der Waals surface area contributed by atoms with Gasteiger partial charge >= 0.3 is 0 Å². The van der Waals surface area contributed by atoms with E-state index in [-0.39, 0.29) is 11.0 Å². The molecule has 4 rings (SSSR count). The molecule has 1 fully saturated rings. The molecule has 7 nitrogen and oxygen atoms in total. The first-order valence-electron chi connectivity index (χ1n) is 10.7. The third-order valence-corrected chi connectivity index (χ3v) is 6.63. The molecule has 0 spiro atoms. The van der Waals surface area contributed by atoms with E-state index in [2.05, 4.69) is 43.8 Å². The standard InChI is InChI=1S/C24H28N4O3S/c1-19(2)31-22-9-11-23(12-10-22)32(29,30)26-20-8-13-24(25-18-20)28-16-14-27(15-17-28)21-6-4-3-5-7-21/h3-13,18-19,26H,14-17H2,1-2H3. The van der Waals surface area contributed by atoms with E-state index >= 15 is 0 Å². The summed E-state index contributed by atoms with van der Waals surface area (Å²) in [6.45, 7) is 7.39. The average Bonchev–Trinajstić information content (AvgIpc) is 2.80. The van der Waals surface area contributed by atoms with E-state index in [0.29, 0.717) is 11.4 Å². The molecule has 168 valence electrons. The molecule has 3 aromatic rings. The number of para-hydroxylation sites is 1. The zero-order chi connectivity index (χ0) is 22.6. The molecule has 2 heterocycles. The summed E-state index contributed by atoms with van der Waals surface area (Å²) in [5.74, 6) is 1.48. The van der Waals surface area contributed by atoms with Gasteiger partial charge in [-0.15, -0.1) is 0 Å². The van der Waals surface area contributed by atoms with Crippen molar-refractivity contribution in [1.29, 1.82) is 0 Å². The van der Waals surface area contributed by atoms with E-state index in [9.17, 15) is 8.42 Å². The van der Waals surface area contributed by atoms with Crippen molar-refractivity contribution < 1.29 is 13.2 Å². The Bertz CT molecular complexity index is 1110. The van der Waals surface area contributed by atoms with Crippen molar-refractivity contribution in [2.75, 3.05) is 40.7 Å². The maximum absolute atomic E-state index is 12.7. The summed E-state index contributed by atoms with van der Waals surface area (Å²) in [6, 6.07) is 20.4. The quantitative estimate of drug-likeness (QED) is 0.584. The second-order valence-corrected chi connectivity index (χ2v) is 9.64. The van der Waals surface area contributed by atoms with E-state index in [1.807, 2.05) is 26.0 Å². The van der Waals surface area contributed by atoms with Crippen LogP contribution in [0, 0.1) is 0 Å². The molecule has 0 radical (unpaired) electrons. The number of hydrogen-bond donors (Lipinski definition) is 1. The number of hydrogen-bond acceptors (Lipinski definition) is 6. The molecule has 1 aliphatic heterocycles. The molecule has 1 N–H and O–H groups in total. The molecule has 1 saturated heterocycles. The lowest BCUT2D eigenvalue weighted by Crippen LogP contribution is -2.46. The average molecular weight is 453 g/mol. The van der Waals surface area contributed by atoms with Crippen molar-refractivity contribution >= 4 is 27.2 Å². The molecule has 0 atom stereocenters. The van der Waals surface area contributed by atoms with Crippen molar-refractivity contribution in [1.82, 2.24) is 4.98 Å². The highest BCUT2D eigenvalue weighted by Gasteiger charge is 2.19. The summed E-state index contributed by atoms with van der Waals surface area (Å²) in [7, 11) is -3.70. The van der Waals surface area contributed by atoms with Crippen LogP contribution in [0.4, 0.5) is 17.2 Å². The predicted molar refractivity (Wildman–Crippen MR) is 128 cm³/mol. The van der Waals surface area contributed by atoms with Gasteiger partial charge in [0.2, 0.25) is 0 Å². The van der Waals surface area contributed by atoms with Gasteiger partial charge < -0.3 is 14.5 Å². The number of nitrogens with one attached hydrogen (secondary N) is 1. The number of sulfonamides is 1. The van der Waals surface area contributed by atoms with Gasteiger partial charge in [-0.1, -0.05) is 18.2 Å². The zero-order valence-corrected chi connectivity index (χ0v) is 19.1. The van der Waals surface area contributed by atoms with Crippen molar-refractivity contribution in [2.45, 2.75) is 24.8 Å². The maximum atomic E-state index is 12.7. The van der Waals surface area contributed by atoms with Crippen LogP contribution in [-0.2, 0) is 10.0 Å². The Balaban J connectivity index is 1.36. The fraction of sp³-hybridized carbons (Fsp3) is 0.292. The van der Waals surface area contributed by atoms with E-state index in [1.165, 1.54) is 17.8 Å². The molecule has 32 heavy (non-hydrogen) atoms. The van der Waals surface area contributed by atoms with Crippen LogP contribution in [0.25, 0.3) is 0 Å². The lowest BCUT2D eigenvalue weighted by Gasteiger charge is -2.36. The minimum atomic E-state index is -3.70. The van der Waals surface area contributed by atoms with Crippen LogP contribution in [0.15, 0.2) is 77.8 Å². The molecule has 0 amide bonds. The normalized spacial score (nSPS) is 14.5. The van der Waals surface area contributed by atoms with Crippen LogP contribution in [0.5, 0.6) is 5.75 Å². The van der Waals surface area contributed by atoms with Gasteiger partial charge in [-0.05, 0) is 62.4 Å². The van der Waals surface area contributed by atoms with Gasteiger partial charge in [0, 0.05) is 31.9 Å². The molecule has 0 saturated carbocycles. The topological polar surface area (TPSA) is 74.8 Å². The summed E-state index contributed by atoms with van der Waals surface area (Å²) < 4.78 is 33.6. The maximum Gasteiger partial charge on any atom is 0.261 e. The van der Waals surface area contributed by atoms with Crippen molar-refractivity contribution in [3.05, 3.63) is 72.9 Å². The highest BCUT2D eigenvalue weighted by molar-refractivity contribution is 7.92. The van der Waals surface area contributed by atoms with E-state index < -0.39 is 10.0 Å². The highest BCUT2D eigenvalue weighted by atomic mass is 32.2. The van der Waals surface area contributed by atoms with Crippen molar-refractivity contribution in [2.24, 2.45) is 0 Å². The number of ether oxygens (including phenoxy) is 1. The first-order chi connectivity index (χ1) is 15.4. The van der Waals surface area contributed by atoms with Crippen LogP contribution in [0.3, 0.4) is 0 Å². The molecular formula is C24H28N4O3S. The van der Waals surface area contributed by atoms with E-state index in [1.54, 1.807) is 24.4 Å². The number of anilines is 3. The lowest BCUT2D eigenvalue weighted by molar-refractivity contribution is 0.242. The van der Waals surface area contributed by atoms with Gasteiger partial charge in [0.25, 0.3) is 10.0 Å². The Morgan fingerprint density at radius 1 is 0.875 bits per heavy atom. The minimum Gasteiger partial charge on any atom is -0.491 e. The second kappa shape index (κ2) is 9.48. The summed E-state index contributed by atoms with van der Waals surface area (Å²) in [4.78, 5) is 9.23. The lowest BCUT2D eigenvalue weighted by atomic mass is 10.2. The number of nitrogens with zero attached hydrogens (tertiary/aromatic N) is 3. The fourth-order valence-electron chi connectivity index (χ4n) is 3.65. The van der Waals surface area contributed by atoms with Crippen LogP contribution in [-0.4, -0.2) is 45.7 Å². The molecule has 0 bridgehead atoms. The van der Waals surface area contributed by atoms with E-state index in [4.69, 9.17) is 4.74 Å². The third-order valence-electron chi connectivity index (χ3n) is 5.23. The van der Waals surface area contributed by atoms with Crippen LogP contribution in [0.1, 0.15) is 13.8 Å². The van der Waals surface area contributed by atoms with Gasteiger partial charge in [-0.2, -0.15) is 0 Å². The van der Waals surface area contributed by atoms with Crippen LogP contribution in [0.2, 0.25) is 0 Å². The van der Waals surface area contributed by atoms with Crippen LogP contribution >= 0.6 is 0 Å². The van der Waals surface area contributed by atoms with Gasteiger partial charge in [-0.3, -0.25) is 4.72 Å². The molecule has 0 aliphatic carbocycles. The van der Waals surface area contributed by atoms with Crippen molar-refractivity contribution in [3.63, 3.8) is 0 Å². The number of pyridine rings is 1. The van der Waals surface area contributed by atoms with Gasteiger partial charge in [0.05, 0.1) is 22.9 Å². The fourth-order valence-corrected chi connectivity index (χ4v) is 4.69. The van der Waals surface area contributed by atoms with Gasteiger partial charge in [-0.25, -0.2) is 13.4 Å². The smallest absolute Gasteiger partial charge is 0.261 e. The van der Waals surface area contributed by atoms with Gasteiger partial charge in [0.15, 0.2) is 0 Å². The molecule has 1 aliphatic rings. The summed E-state index contributed by atoms with van der Waals surface area (Å²) in [6.07, 6.45) is 1.59. The van der Waals surface area contributed by atoms with Gasteiger partial charge in [0.1, 0.15) is 11.6 Å². The first kappa shape index (κ1) is 22.0. The Labute approximate surface area is 189 Å². The number of rotatable bonds is 7. The van der Waals surface area contributed by atoms with Crippen LogP contribution < -0.4 is 19.3 Å². The van der Waals surface area contributed by atoms with Crippen molar-refractivity contribution in [3.8, 4) is 5.75 Å². The molecule has 8 heteroatoms. The number of aromatic nitrogens is 1. The summed E-state index contributed by atoms with van der Waals surface area (Å²) >= 11 is 0. The Hall–Kier alpha value is -3.26. The second-order valence-electron chi connectivity index (χ2n) is 7.96. The minimum absolute atomic E-state index is 0.0292. The SMILES string of the molecule is CC(C)Oc1ccc(S(=O)(=O)Nc2ccc(N3CCN(c4ccccc4)CC3)nc2)cc1. The highest BCUT2D eigenvalue weighted by Crippen LogP contribution is 2.22. The summed E-state index contributed by atoms with van der Waals surface area (Å²) in [5, 5.41) is 0. The molecular weight excluding hydrogens is 424 g/mol. The summed E-state index contributed by atoms with van der Waals surface area (Å²) in [5.41, 5.74) is 1.66. The largest absolute Gasteiger partial charge is 0.491 e. The third kappa shape index (κ3) is 5.31. The molecule has 1 aromatic heterocycles. The monoisotopic (exact) mass is 452 g/mol. The first-order valence-corrected chi connectivity index (χ1v) is 12.2. The molecule has 0 unspecified atom stereocenters. The Morgan fingerprint density at radius 3 is 2.12 bits per heavy atom. The zero-order valence-electron chi connectivity index (χ0n) is 18.3.